The Kier molecular flexibility index (Phi) is 37.3. The second-order valence-electron chi connectivity index (χ2n) is 33.9. The topological polar surface area (TPSA) is 183 Å². The van der Waals surface area contributed by atoms with Gasteiger partial charge >= 0.3 is 0 Å². The van der Waals surface area contributed by atoms with Gasteiger partial charge in [0.1, 0.15) is 65.7 Å². The van der Waals surface area contributed by atoms with Gasteiger partial charge in [-0.25, -0.2) is 0 Å². The summed E-state index contributed by atoms with van der Waals surface area (Å²) in [4.78, 5) is 0. The quantitative estimate of drug-likeness (QED) is 0.0102. The van der Waals surface area contributed by atoms with Crippen LogP contribution in [0.25, 0.3) is 0 Å². The normalized spacial score (nSPS) is 16.3. The zero-order valence-electron chi connectivity index (χ0n) is 70.9. The van der Waals surface area contributed by atoms with Crippen LogP contribution in [0.3, 0.4) is 0 Å². The largest absolute Gasteiger partial charge is 0.508 e. The monoisotopic (exact) mass is 1510 g/mol. The van der Waals surface area contributed by atoms with Gasteiger partial charge in [-0.15, -0.1) is 0 Å². The summed E-state index contributed by atoms with van der Waals surface area (Å²) in [5.41, 5.74) is 11.6. The average molecular weight is 1510 g/mol. The Morgan fingerprint density at radius 2 is 0.655 bits per heavy atom. The number of phenols is 3. The molecule has 0 saturated carbocycles. The van der Waals surface area contributed by atoms with E-state index in [9.17, 15) is 15.3 Å². The number of rotatable bonds is 46. The van der Waals surface area contributed by atoms with Crippen LogP contribution in [0.4, 0.5) is 0 Å². The Morgan fingerprint density at radius 3 is 0.909 bits per heavy atom. The predicted molar refractivity (Wildman–Crippen MR) is 458 cm³/mol. The number of hydrogen-bond acceptors (Lipinski definition) is 14. The molecule has 2 saturated heterocycles. The zero-order chi connectivity index (χ0) is 79.9. The van der Waals surface area contributed by atoms with E-state index in [0.717, 1.165) is 79.1 Å². The molecule has 110 heavy (non-hydrogen) atoms. The van der Waals surface area contributed by atoms with Crippen molar-refractivity contribution in [2.24, 2.45) is 47.3 Å². The number of benzene rings is 7. The van der Waals surface area contributed by atoms with Crippen molar-refractivity contribution in [1.82, 2.24) is 26.6 Å². The lowest BCUT2D eigenvalue weighted by atomic mass is 9.77. The number of phenolic OH excluding ortho intramolecular Hbond substituents is 3. The van der Waals surface area contributed by atoms with E-state index in [1.54, 1.807) is 0 Å². The number of hydrogen-bond donors (Lipinski definition) is 8. The molecule has 0 bridgehead atoms. The van der Waals surface area contributed by atoms with E-state index >= 15 is 0 Å². The lowest BCUT2D eigenvalue weighted by Crippen LogP contribution is -2.33. The van der Waals surface area contributed by atoms with Gasteiger partial charge in [-0.2, -0.15) is 0 Å². The standard InChI is InChI=1S/C57H88N4O4.C21H24O4.C18H31NO.H2/c1-13-15-43(9)55(39(3)4)45-17-27-53(62)47(29-45)33-60-37-58-31-41(7)35-64-51-23-19-49(20-24-51)57(11,12)50-21-25-52(26-22-50)65-36-42(8)32-59-38-61-34-48-30-46(18-28-54(48)63)56(40(5)6)44(10)16-14-2;1-21(2,15-3-7-17(8-4-15)22-11-19-13-24-19)16-5-9-18(10-6-16)23-12-20-14-25-20;1-6-8-14(5)18(13(3)4)15-9-10-17(20)16(11-15)12-19-7-2;/h17-30,39-44,55-56,58-63H,13-16,31-38H2,1-12H3;3-10,19-20H,11-14H2,1-2H3;9-11,13-14,18-20H,6-8,12H2,1-5H3;1H/i;;;1+1. The van der Waals surface area contributed by atoms with E-state index in [1.165, 1.54) is 77.5 Å². The van der Waals surface area contributed by atoms with Crippen molar-refractivity contribution >= 4 is 0 Å². The Labute approximate surface area is 666 Å². The van der Waals surface area contributed by atoms with Gasteiger partial charge in [-0.3, -0.25) is 0 Å². The summed E-state index contributed by atoms with van der Waals surface area (Å²) in [5, 5.41) is 48.4. The second kappa shape index (κ2) is 45.5. The summed E-state index contributed by atoms with van der Waals surface area (Å²) in [7, 11) is 0. The molecule has 14 nitrogen and oxygen atoms in total. The van der Waals surface area contributed by atoms with Gasteiger partial charge in [0.2, 0.25) is 0 Å². The van der Waals surface area contributed by atoms with Crippen LogP contribution in [0.1, 0.15) is 245 Å². The summed E-state index contributed by atoms with van der Waals surface area (Å²) in [5.74, 6) is 10.4. The van der Waals surface area contributed by atoms with Crippen LogP contribution in [0.2, 0.25) is 0 Å². The molecular formula is C96H145N5O9. The maximum Gasteiger partial charge on any atom is 0.120 e. The second-order valence-corrected chi connectivity index (χ2v) is 33.9. The molecule has 0 aromatic heterocycles. The van der Waals surface area contributed by atoms with Crippen LogP contribution in [0.15, 0.2) is 152 Å². The van der Waals surface area contributed by atoms with Gasteiger partial charge in [0.15, 0.2) is 0 Å². The molecule has 0 aliphatic carbocycles. The van der Waals surface area contributed by atoms with Gasteiger partial charge in [0.25, 0.3) is 0 Å². The van der Waals surface area contributed by atoms with Crippen molar-refractivity contribution in [3.05, 3.63) is 207 Å². The smallest absolute Gasteiger partial charge is 0.120 e. The highest BCUT2D eigenvalue weighted by molar-refractivity contribution is 5.45. The molecule has 0 spiro atoms. The first kappa shape index (κ1) is 90.1. The van der Waals surface area contributed by atoms with Crippen molar-refractivity contribution in [2.75, 3.05) is 72.6 Å². The SMILES string of the molecule is CC(C)(c1ccc(OCC2CO2)cc1)c1ccc(OCC2CO2)cc1.CCCC(C)C(c1ccc(O)c(CNCC)c1)C(C)C.CCCC(C)C(c1ccc(O)c(CNCNCC(C)COc2ccc(C(C)(C)c3ccc(OCC(C)CNCNCc4cc(C(C(C)C)C(C)CCC)ccc4O)cc3)cc2)c1)C(C)C.[2HH]. The minimum Gasteiger partial charge on any atom is -0.508 e. The third-order valence-corrected chi connectivity index (χ3v) is 22.4. The van der Waals surface area contributed by atoms with Gasteiger partial charge in [-0.1, -0.05) is 255 Å². The lowest BCUT2D eigenvalue weighted by molar-refractivity contribution is 0.254. The molecule has 2 fully saturated rings. The Hall–Kier alpha value is -7.14. The minimum atomic E-state index is -0.186. The number of epoxide rings is 2. The fourth-order valence-corrected chi connectivity index (χ4v) is 15.9. The summed E-state index contributed by atoms with van der Waals surface area (Å²) in [6.45, 7) is 53.1. The Balaban J connectivity index is 0.000000335. The number of ether oxygens (including phenoxy) is 6. The van der Waals surface area contributed by atoms with E-state index in [-0.39, 0.29) is 24.5 Å². The average Bonchev–Trinajstić information content (AvgIpc) is 1.74. The van der Waals surface area contributed by atoms with Crippen molar-refractivity contribution in [2.45, 2.75) is 231 Å². The summed E-state index contributed by atoms with van der Waals surface area (Å²) < 4.78 is 34.2. The first-order chi connectivity index (χ1) is 52.7. The van der Waals surface area contributed by atoms with Crippen LogP contribution in [0.5, 0.6) is 40.2 Å². The number of nitrogens with one attached hydrogen (secondary N) is 5. The van der Waals surface area contributed by atoms with Crippen LogP contribution in [0, 0.1) is 47.3 Å². The molecule has 2 aliphatic rings. The van der Waals surface area contributed by atoms with Crippen molar-refractivity contribution in [3.63, 3.8) is 0 Å². The van der Waals surface area contributed by atoms with Crippen molar-refractivity contribution in [1.29, 1.82) is 0 Å². The first-order valence-corrected chi connectivity index (χ1v) is 41.8. The van der Waals surface area contributed by atoms with E-state index in [0.29, 0.717) is 135 Å². The molecule has 8 N–H and O–H groups in total. The molecule has 14 heteroatoms. The van der Waals surface area contributed by atoms with Crippen LogP contribution in [-0.2, 0) is 39.9 Å². The zero-order valence-corrected chi connectivity index (χ0v) is 70.9. The molecule has 0 amide bonds. The highest BCUT2D eigenvalue weighted by Crippen LogP contribution is 2.41. The van der Waals surface area contributed by atoms with Gasteiger partial charge < -0.3 is 70.3 Å². The molecule has 2 heterocycles. The number of aromatic hydroxyl groups is 3. The molecule has 2 aliphatic heterocycles. The Bertz CT molecular complexity index is 3530. The van der Waals surface area contributed by atoms with Crippen LogP contribution >= 0.6 is 0 Å². The fraction of sp³-hybridized carbons (Fsp3) is 0.562. The molecule has 9 rings (SSSR count). The highest BCUT2D eigenvalue weighted by Gasteiger charge is 2.30. The lowest BCUT2D eigenvalue weighted by Gasteiger charge is -2.28. The summed E-state index contributed by atoms with van der Waals surface area (Å²) in [6.07, 6.45) is 7.84. The third kappa shape index (κ3) is 28.8. The molecule has 7 aromatic rings. The molecule has 10 atom stereocenters. The van der Waals surface area contributed by atoms with Crippen LogP contribution < -0.4 is 45.5 Å². The summed E-state index contributed by atoms with van der Waals surface area (Å²) in [6, 6.07) is 52.2. The fourth-order valence-electron chi connectivity index (χ4n) is 15.9. The molecular weight excluding hydrogens is 1370 g/mol. The highest BCUT2D eigenvalue weighted by atomic mass is 16.6. The van der Waals surface area contributed by atoms with Crippen molar-refractivity contribution < 1.29 is 45.2 Å². The van der Waals surface area contributed by atoms with Gasteiger partial charge in [0.05, 0.1) is 26.4 Å². The summed E-state index contributed by atoms with van der Waals surface area (Å²) >= 11 is 0. The van der Waals surface area contributed by atoms with Gasteiger partial charge in [0, 0.05) is 86.8 Å². The molecule has 10 unspecified atom stereocenters. The van der Waals surface area contributed by atoms with Gasteiger partial charge in [-0.05, 0) is 165 Å². The maximum absolute atomic E-state index is 10.6. The molecule has 0 radical (unpaired) electrons. The van der Waals surface area contributed by atoms with E-state index in [1.807, 2.05) is 42.5 Å². The first-order valence-electron chi connectivity index (χ1n) is 41.8. The van der Waals surface area contributed by atoms with E-state index < -0.39 is 0 Å². The minimum absolute atomic E-state index is 0. The van der Waals surface area contributed by atoms with Crippen molar-refractivity contribution in [3.8, 4) is 40.2 Å². The Morgan fingerprint density at radius 1 is 0.382 bits per heavy atom. The van der Waals surface area contributed by atoms with Crippen LogP contribution in [-0.4, -0.2) is 100 Å². The molecule has 608 valence electrons. The van der Waals surface area contributed by atoms with E-state index in [2.05, 4.69) is 267 Å². The third-order valence-electron chi connectivity index (χ3n) is 22.4. The maximum atomic E-state index is 10.6. The van der Waals surface area contributed by atoms with E-state index in [4.69, 9.17) is 28.4 Å². The predicted octanol–water partition coefficient (Wildman–Crippen LogP) is 21.0. The molecule has 7 aromatic carbocycles.